The summed E-state index contributed by atoms with van der Waals surface area (Å²) in [6.07, 6.45) is 2.78. The Kier molecular flexibility index (Phi) is 3.06. The molecule has 1 aliphatic carbocycles. The normalized spacial score (nSPS) is 22.6. The van der Waals surface area contributed by atoms with Crippen molar-refractivity contribution >= 4 is 5.97 Å². The van der Waals surface area contributed by atoms with Gasteiger partial charge in [-0.2, -0.15) is 0 Å². The molecule has 1 aliphatic rings. The molecule has 3 nitrogen and oxygen atoms in total. The van der Waals surface area contributed by atoms with Crippen LogP contribution in [0.25, 0.3) is 0 Å². The van der Waals surface area contributed by atoms with E-state index in [4.69, 9.17) is 5.11 Å². The number of hydrogen-bond acceptors (Lipinski definition) is 2. The summed E-state index contributed by atoms with van der Waals surface area (Å²) < 4.78 is 0. The van der Waals surface area contributed by atoms with E-state index in [0.717, 1.165) is 30.0 Å². The first-order valence-corrected chi connectivity index (χ1v) is 5.38. The number of fused-ring (bicyclic) bond motifs is 1. The smallest absolute Gasteiger partial charge is 0.328 e. The van der Waals surface area contributed by atoms with Gasteiger partial charge in [0.2, 0.25) is 0 Å². The van der Waals surface area contributed by atoms with Crippen LogP contribution in [0, 0.1) is 0 Å². The SMILES string of the molecule is O=C(O)C=C1CCCc2ccccc2[C@H]1O. The summed E-state index contributed by atoms with van der Waals surface area (Å²) in [5.74, 6) is -0.992. The lowest BCUT2D eigenvalue weighted by molar-refractivity contribution is -0.131. The van der Waals surface area contributed by atoms with Crippen molar-refractivity contribution in [1.82, 2.24) is 0 Å². The van der Waals surface area contributed by atoms with E-state index in [-0.39, 0.29) is 0 Å². The molecule has 2 N–H and O–H groups in total. The monoisotopic (exact) mass is 218 g/mol. The van der Waals surface area contributed by atoms with Crippen molar-refractivity contribution in [1.29, 1.82) is 0 Å². The zero-order valence-electron chi connectivity index (χ0n) is 8.89. The van der Waals surface area contributed by atoms with Crippen LogP contribution >= 0.6 is 0 Å². The Balaban J connectivity index is 2.41. The second kappa shape index (κ2) is 4.49. The van der Waals surface area contributed by atoms with Crippen LogP contribution in [0.5, 0.6) is 0 Å². The van der Waals surface area contributed by atoms with Crippen LogP contribution in [0.1, 0.15) is 30.1 Å². The molecule has 0 heterocycles. The third kappa shape index (κ3) is 2.14. The number of benzene rings is 1. The first-order valence-electron chi connectivity index (χ1n) is 5.38. The maximum atomic E-state index is 10.6. The molecule has 1 aromatic carbocycles. The number of aliphatic carboxylic acids is 1. The fourth-order valence-corrected chi connectivity index (χ4v) is 2.16. The van der Waals surface area contributed by atoms with Gasteiger partial charge >= 0.3 is 5.97 Å². The Morgan fingerprint density at radius 3 is 2.81 bits per heavy atom. The summed E-state index contributed by atoms with van der Waals surface area (Å²) >= 11 is 0. The molecule has 0 aliphatic heterocycles. The first-order chi connectivity index (χ1) is 7.68. The molecule has 3 heteroatoms. The van der Waals surface area contributed by atoms with Crippen molar-refractivity contribution in [3.05, 3.63) is 47.0 Å². The lowest BCUT2D eigenvalue weighted by Crippen LogP contribution is -2.04. The standard InChI is InChI=1S/C13H14O3/c14-12(15)8-10-6-3-5-9-4-1-2-7-11(9)13(10)16/h1-2,4,7-8,13,16H,3,5-6H2,(H,14,15)/t13-/m0/s1. The van der Waals surface area contributed by atoms with Crippen molar-refractivity contribution in [3.63, 3.8) is 0 Å². The zero-order chi connectivity index (χ0) is 11.5. The van der Waals surface area contributed by atoms with E-state index in [1.165, 1.54) is 0 Å². The molecule has 1 atom stereocenters. The molecule has 0 fully saturated rings. The van der Waals surface area contributed by atoms with Gasteiger partial charge in [0.1, 0.15) is 6.10 Å². The lowest BCUT2D eigenvalue weighted by atomic mass is 9.98. The largest absolute Gasteiger partial charge is 0.478 e. The van der Waals surface area contributed by atoms with Crippen LogP contribution in [-0.4, -0.2) is 16.2 Å². The highest BCUT2D eigenvalue weighted by Crippen LogP contribution is 2.32. The predicted octanol–water partition coefficient (Wildman–Crippen LogP) is 2.07. The summed E-state index contributed by atoms with van der Waals surface area (Å²) in [4.78, 5) is 10.6. The van der Waals surface area contributed by atoms with Gasteiger partial charge < -0.3 is 10.2 Å². The van der Waals surface area contributed by atoms with Gasteiger partial charge in [-0.15, -0.1) is 0 Å². The quantitative estimate of drug-likeness (QED) is 0.560. The summed E-state index contributed by atoms with van der Waals surface area (Å²) in [7, 11) is 0. The highest BCUT2D eigenvalue weighted by atomic mass is 16.4. The Morgan fingerprint density at radius 1 is 1.31 bits per heavy atom. The van der Waals surface area contributed by atoms with Crippen molar-refractivity contribution in [3.8, 4) is 0 Å². The van der Waals surface area contributed by atoms with Gasteiger partial charge in [-0.3, -0.25) is 0 Å². The van der Waals surface area contributed by atoms with Gasteiger partial charge in [0, 0.05) is 6.08 Å². The van der Waals surface area contributed by atoms with Crippen LogP contribution < -0.4 is 0 Å². The molecular formula is C13H14O3. The molecule has 16 heavy (non-hydrogen) atoms. The number of rotatable bonds is 1. The molecular weight excluding hydrogens is 204 g/mol. The minimum Gasteiger partial charge on any atom is -0.478 e. The molecule has 0 unspecified atom stereocenters. The van der Waals surface area contributed by atoms with E-state index in [1.54, 1.807) is 0 Å². The molecule has 0 radical (unpaired) electrons. The Morgan fingerprint density at radius 2 is 2.06 bits per heavy atom. The van der Waals surface area contributed by atoms with E-state index in [9.17, 15) is 9.90 Å². The molecule has 0 spiro atoms. The van der Waals surface area contributed by atoms with Crippen LogP contribution in [0.3, 0.4) is 0 Å². The van der Waals surface area contributed by atoms with Crippen molar-refractivity contribution < 1.29 is 15.0 Å². The van der Waals surface area contributed by atoms with Gasteiger partial charge in [-0.25, -0.2) is 4.79 Å². The number of hydrogen-bond donors (Lipinski definition) is 2. The summed E-state index contributed by atoms with van der Waals surface area (Å²) in [5, 5.41) is 18.9. The van der Waals surface area contributed by atoms with Crippen LogP contribution in [0.4, 0.5) is 0 Å². The number of carbonyl (C=O) groups is 1. The van der Waals surface area contributed by atoms with Gasteiger partial charge in [0.25, 0.3) is 0 Å². The molecule has 84 valence electrons. The summed E-state index contributed by atoms with van der Waals surface area (Å²) in [6, 6.07) is 7.66. The van der Waals surface area contributed by atoms with Crippen molar-refractivity contribution in [2.75, 3.05) is 0 Å². The fourth-order valence-electron chi connectivity index (χ4n) is 2.16. The van der Waals surface area contributed by atoms with Crippen LogP contribution in [0.2, 0.25) is 0 Å². The van der Waals surface area contributed by atoms with Crippen molar-refractivity contribution in [2.24, 2.45) is 0 Å². The lowest BCUT2D eigenvalue weighted by Gasteiger charge is -2.13. The number of carboxylic acids is 1. The molecule has 0 aromatic heterocycles. The van der Waals surface area contributed by atoms with E-state index in [0.29, 0.717) is 12.0 Å². The zero-order valence-corrected chi connectivity index (χ0v) is 8.89. The Labute approximate surface area is 94.0 Å². The number of aliphatic hydroxyl groups is 1. The highest BCUT2D eigenvalue weighted by Gasteiger charge is 2.20. The van der Waals surface area contributed by atoms with Gasteiger partial charge in [0.15, 0.2) is 0 Å². The van der Waals surface area contributed by atoms with Gasteiger partial charge in [0.05, 0.1) is 0 Å². The first kappa shape index (κ1) is 10.9. The minimum atomic E-state index is -0.992. The summed E-state index contributed by atoms with van der Waals surface area (Å²) in [6.45, 7) is 0. The molecule has 0 amide bonds. The average molecular weight is 218 g/mol. The maximum absolute atomic E-state index is 10.6. The van der Waals surface area contributed by atoms with Crippen LogP contribution in [0.15, 0.2) is 35.9 Å². The predicted molar refractivity (Wildman–Crippen MR) is 60.1 cm³/mol. The molecule has 2 rings (SSSR count). The molecule has 0 saturated heterocycles. The second-order valence-corrected chi connectivity index (χ2v) is 4.01. The second-order valence-electron chi connectivity index (χ2n) is 4.01. The minimum absolute atomic E-state index is 0.595. The topological polar surface area (TPSA) is 57.5 Å². The van der Waals surface area contributed by atoms with Crippen LogP contribution in [-0.2, 0) is 11.2 Å². The third-order valence-corrected chi connectivity index (χ3v) is 2.92. The van der Waals surface area contributed by atoms with E-state index < -0.39 is 12.1 Å². The number of aliphatic hydroxyl groups excluding tert-OH is 1. The Hall–Kier alpha value is -1.61. The molecule has 1 aromatic rings. The fraction of sp³-hybridized carbons (Fsp3) is 0.308. The Bertz CT molecular complexity index is 435. The average Bonchev–Trinajstić information content (AvgIpc) is 2.40. The van der Waals surface area contributed by atoms with Gasteiger partial charge in [-0.05, 0) is 36.0 Å². The third-order valence-electron chi connectivity index (χ3n) is 2.92. The number of aryl methyl sites for hydroxylation is 1. The van der Waals surface area contributed by atoms with Crippen molar-refractivity contribution in [2.45, 2.75) is 25.4 Å². The van der Waals surface area contributed by atoms with E-state index in [1.807, 2.05) is 24.3 Å². The van der Waals surface area contributed by atoms with Gasteiger partial charge in [-0.1, -0.05) is 24.3 Å². The highest BCUT2D eigenvalue weighted by molar-refractivity contribution is 5.81. The van der Waals surface area contributed by atoms with E-state index >= 15 is 0 Å². The molecule has 0 bridgehead atoms. The number of carboxylic acid groups (broad SMARTS) is 1. The van der Waals surface area contributed by atoms with E-state index in [2.05, 4.69) is 0 Å². The molecule has 0 saturated carbocycles. The maximum Gasteiger partial charge on any atom is 0.328 e. The summed E-state index contributed by atoms with van der Waals surface area (Å²) in [5.41, 5.74) is 2.55.